The van der Waals surface area contributed by atoms with Crippen molar-refractivity contribution in [3.05, 3.63) is 23.8 Å². The number of ether oxygens (including phenoxy) is 2. The van der Waals surface area contributed by atoms with Gasteiger partial charge in [-0.15, -0.1) is 8.78 Å². The molecular weight excluding hydrogens is 262 g/mol. The highest BCUT2D eigenvalue weighted by Gasteiger charge is 2.44. The summed E-state index contributed by atoms with van der Waals surface area (Å²) in [5.41, 5.74) is 0.0136. The van der Waals surface area contributed by atoms with Gasteiger partial charge in [0, 0.05) is 0 Å². The van der Waals surface area contributed by atoms with E-state index in [1.807, 2.05) is 0 Å². The van der Waals surface area contributed by atoms with Crippen LogP contribution < -0.4 is 9.47 Å². The lowest BCUT2D eigenvalue weighted by molar-refractivity contribution is -0.286. The number of benzene rings is 1. The third-order valence-corrected chi connectivity index (χ3v) is 2.07. The summed E-state index contributed by atoms with van der Waals surface area (Å²) in [5, 5.41) is 0. The number of para-hydroxylation sites is 1. The first-order chi connectivity index (χ1) is 6.49. The standard InChI is InChI=1S/C8H3BrF2O3/c9-7(12)4-2-1-3-5-6(4)14-8(10,11)13-5/h1-3H. The Bertz CT molecular complexity index is 406. The number of carbonyl (C=O) groups is 1. The van der Waals surface area contributed by atoms with Gasteiger partial charge in [0.05, 0.1) is 5.56 Å². The van der Waals surface area contributed by atoms with Gasteiger partial charge in [-0.2, -0.15) is 0 Å². The lowest BCUT2D eigenvalue weighted by Crippen LogP contribution is -2.26. The third kappa shape index (κ3) is 1.45. The number of fused-ring (bicyclic) bond motifs is 1. The van der Waals surface area contributed by atoms with Gasteiger partial charge < -0.3 is 9.47 Å². The monoisotopic (exact) mass is 264 g/mol. The number of hydrogen-bond acceptors (Lipinski definition) is 3. The van der Waals surface area contributed by atoms with E-state index in [2.05, 4.69) is 25.4 Å². The van der Waals surface area contributed by atoms with Gasteiger partial charge in [-0.3, -0.25) is 4.79 Å². The Hall–Kier alpha value is -1.17. The third-order valence-electron chi connectivity index (χ3n) is 1.64. The fraction of sp³-hybridized carbons (Fsp3) is 0.125. The van der Waals surface area contributed by atoms with Gasteiger partial charge in [0.15, 0.2) is 11.5 Å². The van der Waals surface area contributed by atoms with Crippen molar-refractivity contribution in [2.24, 2.45) is 0 Å². The molecule has 1 aromatic carbocycles. The highest BCUT2D eigenvalue weighted by molar-refractivity contribution is 9.18. The summed E-state index contributed by atoms with van der Waals surface area (Å²) >= 11 is 2.65. The average Bonchev–Trinajstić information content (AvgIpc) is 2.36. The molecule has 0 unspecified atom stereocenters. The maximum Gasteiger partial charge on any atom is 0.586 e. The summed E-state index contributed by atoms with van der Waals surface area (Å²) in [6, 6.07) is 4.09. The highest BCUT2D eigenvalue weighted by Crippen LogP contribution is 2.43. The predicted molar refractivity (Wildman–Crippen MR) is 45.9 cm³/mol. The van der Waals surface area contributed by atoms with Gasteiger partial charge >= 0.3 is 6.29 Å². The highest BCUT2D eigenvalue weighted by atomic mass is 79.9. The minimum Gasteiger partial charge on any atom is -0.395 e. The Morgan fingerprint density at radius 2 is 2.07 bits per heavy atom. The molecule has 0 saturated carbocycles. The van der Waals surface area contributed by atoms with Gasteiger partial charge in [-0.05, 0) is 28.1 Å². The predicted octanol–water partition coefficient (Wildman–Crippen LogP) is 2.54. The van der Waals surface area contributed by atoms with E-state index >= 15 is 0 Å². The van der Waals surface area contributed by atoms with Crippen LogP contribution in [0.15, 0.2) is 18.2 Å². The number of hydrogen-bond donors (Lipinski definition) is 0. The first kappa shape index (κ1) is 9.39. The molecule has 1 aliphatic heterocycles. The fourth-order valence-corrected chi connectivity index (χ4v) is 1.44. The van der Waals surface area contributed by atoms with E-state index in [1.54, 1.807) is 0 Å². The van der Waals surface area contributed by atoms with Gasteiger partial charge in [0.2, 0.25) is 4.69 Å². The van der Waals surface area contributed by atoms with Crippen LogP contribution >= 0.6 is 15.9 Å². The number of alkyl halides is 2. The zero-order valence-corrected chi connectivity index (χ0v) is 8.18. The molecule has 3 nitrogen and oxygen atoms in total. The summed E-state index contributed by atoms with van der Waals surface area (Å²) in [6.45, 7) is 0. The van der Waals surface area contributed by atoms with Crippen molar-refractivity contribution in [3.8, 4) is 11.5 Å². The maximum absolute atomic E-state index is 12.6. The van der Waals surface area contributed by atoms with E-state index < -0.39 is 11.0 Å². The minimum absolute atomic E-state index is 0.0136. The van der Waals surface area contributed by atoms with Gasteiger partial charge in [-0.1, -0.05) is 6.07 Å². The van der Waals surface area contributed by atoms with E-state index in [9.17, 15) is 13.6 Å². The molecule has 0 amide bonds. The molecule has 6 heteroatoms. The van der Waals surface area contributed by atoms with Crippen molar-refractivity contribution in [3.63, 3.8) is 0 Å². The van der Waals surface area contributed by atoms with Crippen LogP contribution in [-0.4, -0.2) is 11.0 Å². The molecule has 74 valence electrons. The van der Waals surface area contributed by atoms with Gasteiger partial charge in [-0.25, -0.2) is 0 Å². The molecule has 0 saturated heterocycles. The molecule has 0 N–H and O–H groups in total. The van der Waals surface area contributed by atoms with Crippen molar-refractivity contribution in [1.82, 2.24) is 0 Å². The number of carbonyl (C=O) groups excluding carboxylic acids is 1. The summed E-state index contributed by atoms with van der Waals surface area (Å²) in [5.74, 6) is -0.375. The minimum atomic E-state index is -3.69. The summed E-state index contributed by atoms with van der Waals surface area (Å²) in [4.78, 5) is 11.0. The summed E-state index contributed by atoms with van der Waals surface area (Å²) in [6.07, 6.45) is -3.69. The SMILES string of the molecule is O=C(Br)c1cccc2c1OC(F)(F)O2. The Morgan fingerprint density at radius 3 is 2.71 bits per heavy atom. The van der Waals surface area contributed by atoms with E-state index in [-0.39, 0.29) is 17.1 Å². The Kier molecular flexibility index (Phi) is 1.95. The molecule has 1 aliphatic rings. The first-order valence-corrected chi connectivity index (χ1v) is 4.37. The summed E-state index contributed by atoms with van der Waals surface area (Å²) in [7, 11) is 0. The Morgan fingerprint density at radius 1 is 1.36 bits per heavy atom. The molecule has 0 aliphatic carbocycles. The Labute approximate surface area is 85.7 Å². The molecule has 14 heavy (non-hydrogen) atoms. The van der Waals surface area contributed by atoms with E-state index in [0.717, 1.165) is 0 Å². The van der Waals surface area contributed by atoms with Crippen LogP contribution in [0.3, 0.4) is 0 Å². The molecule has 2 rings (SSSR count). The molecule has 0 fully saturated rings. The number of rotatable bonds is 1. The number of halogens is 3. The van der Waals surface area contributed by atoms with Crippen LogP contribution in [0.5, 0.6) is 11.5 Å². The van der Waals surface area contributed by atoms with Crippen molar-refractivity contribution in [2.45, 2.75) is 6.29 Å². The summed E-state index contributed by atoms with van der Waals surface area (Å²) < 4.78 is 33.0. The largest absolute Gasteiger partial charge is 0.586 e. The van der Waals surface area contributed by atoms with Crippen molar-refractivity contribution >= 4 is 20.6 Å². The molecular formula is C8H3BrF2O3. The van der Waals surface area contributed by atoms with Crippen molar-refractivity contribution in [2.75, 3.05) is 0 Å². The second kappa shape index (κ2) is 2.91. The van der Waals surface area contributed by atoms with Crippen LogP contribution in [-0.2, 0) is 0 Å². The topological polar surface area (TPSA) is 35.5 Å². The first-order valence-electron chi connectivity index (χ1n) is 3.58. The molecule has 1 heterocycles. The van der Waals surface area contributed by atoms with Crippen LogP contribution in [0.2, 0.25) is 0 Å². The molecule has 1 aromatic rings. The van der Waals surface area contributed by atoms with Crippen molar-refractivity contribution < 1.29 is 23.0 Å². The van der Waals surface area contributed by atoms with E-state index in [1.165, 1.54) is 18.2 Å². The van der Waals surface area contributed by atoms with Crippen LogP contribution in [0.4, 0.5) is 8.78 Å². The smallest absolute Gasteiger partial charge is 0.395 e. The second-order valence-electron chi connectivity index (χ2n) is 2.57. The van der Waals surface area contributed by atoms with Crippen molar-refractivity contribution in [1.29, 1.82) is 0 Å². The van der Waals surface area contributed by atoms with Crippen LogP contribution in [0.1, 0.15) is 10.4 Å². The van der Waals surface area contributed by atoms with Gasteiger partial charge in [0.25, 0.3) is 0 Å². The Balaban J connectivity index is 2.52. The zero-order valence-electron chi connectivity index (χ0n) is 6.59. The molecule has 0 atom stereocenters. The average molecular weight is 265 g/mol. The van der Waals surface area contributed by atoms with Gasteiger partial charge in [0.1, 0.15) is 0 Å². The second-order valence-corrected chi connectivity index (χ2v) is 3.29. The maximum atomic E-state index is 12.6. The van der Waals surface area contributed by atoms with Crippen LogP contribution in [0.25, 0.3) is 0 Å². The fourth-order valence-electron chi connectivity index (χ4n) is 1.12. The molecule has 0 radical (unpaired) electrons. The molecule has 0 bridgehead atoms. The lowest BCUT2D eigenvalue weighted by Gasteiger charge is -2.05. The van der Waals surface area contributed by atoms with Crippen LogP contribution in [0, 0.1) is 0 Å². The molecule has 0 spiro atoms. The quantitative estimate of drug-likeness (QED) is 0.732. The van der Waals surface area contributed by atoms with E-state index in [4.69, 9.17) is 0 Å². The lowest BCUT2D eigenvalue weighted by atomic mass is 10.2. The molecule has 0 aromatic heterocycles. The van der Waals surface area contributed by atoms with E-state index in [0.29, 0.717) is 0 Å². The zero-order chi connectivity index (χ0) is 10.3. The normalized spacial score (nSPS) is 16.8.